The van der Waals surface area contributed by atoms with Gasteiger partial charge in [-0.05, 0) is 12.8 Å². The molecule has 1 aliphatic heterocycles. The maximum absolute atomic E-state index is 12.6. The van der Waals surface area contributed by atoms with Crippen molar-refractivity contribution in [3.8, 4) is 0 Å². The average Bonchev–Trinajstić information content (AvgIpc) is 3.05. The van der Waals surface area contributed by atoms with Crippen LogP contribution in [0.5, 0.6) is 0 Å². The Bertz CT molecular complexity index is 734. The Labute approximate surface area is 278 Å². The molecule has 1 aliphatic rings. The zero-order chi connectivity index (χ0) is 33.8. The highest BCUT2D eigenvalue weighted by Crippen LogP contribution is 2.22. The van der Waals surface area contributed by atoms with Crippen LogP contribution in [0.2, 0.25) is 0 Å². The normalized spacial score (nSPS) is 22.1. The molecule has 6 unspecified atom stereocenters. The van der Waals surface area contributed by atoms with Crippen molar-refractivity contribution in [3.05, 3.63) is 0 Å². The van der Waals surface area contributed by atoms with E-state index in [-0.39, 0.29) is 26.1 Å². The molecular formula is C36H68O10. The van der Waals surface area contributed by atoms with Gasteiger partial charge in [0.05, 0.1) is 13.2 Å². The largest absolute Gasteiger partial charge is 0.462 e. The van der Waals surface area contributed by atoms with E-state index in [0.717, 1.165) is 44.9 Å². The van der Waals surface area contributed by atoms with Gasteiger partial charge in [-0.25, -0.2) is 0 Å². The van der Waals surface area contributed by atoms with Gasteiger partial charge in [0.25, 0.3) is 0 Å². The van der Waals surface area contributed by atoms with Crippen molar-refractivity contribution in [1.82, 2.24) is 0 Å². The Morgan fingerprint density at radius 3 is 1.50 bits per heavy atom. The second-order valence-electron chi connectivity index (χ2n) is 13.0. The van der Waals surface area contributed by atoms with Crippen molar-refractivity contribution in [2.24, 2.45) is 0 Å². The van der Waals surface area contributed by atoms with E-state index in [2.05, 4.69) is 13.8 Å². The van der Waals surface area contributed by atoms with Crippen LogP contribution >= 0.6 is 0 Å². The topological polar surface area (TPSA) is 152 Å². The fourth-order valence-corrected chi connectivity index (χ4v) is 5.72. The minimum Gasteiger partial charge on any atom is -0.462 e. The van der Waals surface area contributed by atoms with E-state index in [1.807, 2.05) is 0 Å². The number of unbranched alkanes of at least 4 members (excludes halogenated alkanes) is 19. The Hall–Kier alpha value is -1.30. The SMILES string of the molecule is CCCCCCCCCCCCCCCCCCCC(=O)OC(COC(=O)CCCCCC)COC1OC(CO)C(O)C(O)C1O. The van der Waals surface area contributed by atoms with Crippen LogP contribution in [0, 0.1) is 0 Å². The summed E-state index contributed by atoms with van der Waals surface area (Å²) in [6, 6.07) is 0. The number of aliphatic hydroxyl groups excluding tert-OH is 4. The monoisotopic (exact) mass is 660 g/mol. The average molecular weight is 661 g/mol. The molecule has 1 saturated heterocycles. The predicted octanol–water partition coefficient (Wildman–Crippen LogP) is 6.27. The Morgan fingerprint density at radius 1 is 0.587 bits per heavy atom. The summed E-state index contributed by atoms with van der Waals surface area (Å²) in [7, 11) is 0. The van der Waals surface area contributed by atoms with Crippen molar-refractivity contribution in [2.45, 2.75) is 198 Å². The van der Waals surface area contributed by atoms with Gasteiger partial charge in [0.1, 0.15) is 31.0 Å². The summed E-state index contributed by atoms with van der Waals surface area (Å²) in [4.78, 5) is 24.8. The first kappa shape index (κ1) is 42.7. The van der Waals surface area contributed by atoms with Gasteiger partial charge in [-0.2, -0.15) is 0 Å². The molecule has 1 rings (SSSR count). The van der Waals surface area contributed by atoms with E-state index < -0.39 is 55.4 Å². The smallest absolute Gasteiger partial charge is 0.306 e. The highest BCUT2D eigenvalue weighted by atomic mass is 16.7. The van der Waals surface area contributed by atoms with E-state index in [1.54, 1.807) is 0 Å². The molecule has 10 nitrogen and oxygen atoms in total. The highest BCUT2D eigenvalue weighted by molar-refractivity contribution is 5.70. The molecule has 0 aromatic rings. The van der Waals surface area contributed by atoms with Crippen molar-refractivity contribution in [3.63, 3.8) is 0 Å². The molecule has 4 N–H and O–H groups in total. The van der Waals surface area contributed by atoms with Crippen molar-refractivity contribution >= 4 is 11.9 Å². The lowest BCUT2D eigenvalue weighted by molar-refractivity contribution is -0.305. The Kier molecular flexibility index (Phi) is 26.6. The standard InChI is InChI=1S/C36H68O10/c1-3-5-7-9-10-11-12-13-14-15-16-17-18-19-20-21-23-25-32(39)45-29(27-43-31(38)24-22-8-6-4-2)28-44-36-35(42)34(41)33(40)30(26-37)46-36/h29-30,33-37,40-42H,3-28H2,1-2H3. The summed E-state index contributed by atoms with van der Waals surface area (Å²) >= 11 is 0. The van der Waals surface area contributed by atoms with Crippen molar-refractivity contribution in [2.75, 3.05) is 19.8 Å². The first-order valence-corrected chi connectivity index (χ1v) is 18.6. The van der Waals surface area contributed by atoms with Crippen LogP contribution in [0.1, 0.15) is 162 Å². The third kappa shape index (κ3) is 20.8. The molecule has 46 heavy (non-hydrogen) atoms. The summed E-state index contributed by atoms with van der Waals surface area (Å²) < 4.78 is 21.8. The van der Waals surface area contributed by atoms with E-state index in [0.29, 0.717) is 6.42 Å². The van der Waals surface area contributed by atoms with Gasteiger partial charge in [-0.1, -0.05) is 136 Å². The third-order valence-corrected chi connectivity index (χ3v) is 8.74. The molecule has 0 bridgehead atoms. The Morgan fingerprint density at radius 2 is 1.02 bits per heavy atom. The maximum atomic E-state index is 12.6. The molecular weight excluding hydrogens is 592 g/mol. The Balaban J connectivity index is 2.28. The maximum Gasteiger partial charge on any atom is 0.306 e. The van der Waals surface area contributed by atoms with Crippen LogP contribution in [0.3, 0.4) is 0 Å². The van der Waals surface area contributed by atoms with Gasteiger partial charge in [-0.15, -0.1) is 0 Å². The fourth-order valence-electron chi connectivity index (χ4n) is 5.72. The summed E-state index contributed by atoms with van der Waals surface area (Å²) in [6.45, 7) is 3.29. The molecule has 10 heteroatoms. The molecule has 0 aromatic heterocycles. The van der Waals surface area contributed by atoms with E-state index in [9.17, 15) is 30.0 Å². The van der Waals surface area contributed by atoms with Crippen LogP contribution in [-0.4, -0.2) is 89.0 Å². The zero-order valence-corrected chi connectivity index (χ0v) is 29.1. The molecule has 0 amide bonds. The van der Waals surface area contributed by atoms with Crippen LogP contribution in [0.4, 0.5) is 0 Å². The van der Waals surface area contributed by atoms with Crippen LogP contribution in [-0.2, 0) is 28.5 Å². The minimum atomic E-state index is -1.59. The first-order valence-electron chi connectivity index (χ1n) is 18.6. The lowest BCUT2D eigenvalue weighted by Gasteiger charge is -2.39. The van der Waals surface area contributed by atoms with Crippen molar-refractivity contribution < 1.29 is 49.0 Å². The highest BCUT2D eigenvalue weighted by Gasteiger charge is 2.44. The summed E-state index contributed by atoms with van der Waals surface area (Å²) in [5.74, 6) is -0.819. The molecule has 0 radical (unpaired) electrons. The predicted molar refractivity (Wildman–Crippen MR) is 178 cm³/mol. The lowest BCUT2D eigenvalue weighted by Crippen LogP contribution is -2.59. The number of esters is 2. The van der Waals surface area contributed by atoms with Gasteiger partial charge < -0.3 is 39.4 Å². The number of rotatable bonds is 30. The number of hydrogen-bond acceptors (Lipinski definition) is 10. The number of hydrogen-bond donors (Lipinski definition) is 4. The molecule has 0 saturated carbocycles. The van der Waals surface area contributed by atoms with Gasteiger partial charge in [0.15, 0.2) is 12.4 Å². The van der Waals surface area contributed by atoms with E-state index in [1.165, 1.54) is 83.5 Å². The zero-order valence-electron chi connectivity index (χ0n) is 29.1. The second kappa shape index (κ2) is 28.7. The summed E-state index contributed by atoms with van der Waals surface area (Å²) in [5, 5.41) is 39.7. The van der Waals surface area contributed by atoms with Gasteiger partial charge in [-0.3, -0.25) is 9.59 Å². The third-order valence-electron chi connectivity index (χ3n) is 8.74. The fraction of sp³-hybridized carbons (Fsp3) is 0.944. The number of aliphatic hydroxyl groups is 4. The molecule has 6 atom stereocenters. The van der Waals surface area contributed by atoms with E-state index >= 15 is 0 Å². The van der Waals surface area contributed by atoms with Crippen LogP contribution in [0.15, 0.2) is 0 Å². The molecule has 272 valence electrons. The van der Waals surface area contributed by atoms with Crippen molar-refractivity contribution in [1.29, 1.82) is 0 Å². The van der Waals surface area contributed by atoms with Crippen LogP contribution < -0.4 is 0 Å². The summed E-state index contributed by atoms with van der Waals surface area (Å²) in [5.41, 5.74) is 0. The molecule has 0 aromatic carbocycles. The molecule has 0 aliphatic carbocycles. The number of carbonyl (C=O) groups is 2. The van der Waals surface area contributed by atoms with E-state index in [4.69, 9.17) is 18.9 Å². The van der Waals surface area contributed by atoms with Gasteiger partial charge in [0, 0.05) is 12.8 Å². The first-order chi connectivity index (χ1) is 22.3. The number of ether oxygens (including phenoxy) is 4. The lowest BCUT2D eigenvalue weighted by atomic mass is 9.99. The van der Waals surface area contributed by atoms with Crippen LogP contribution in [0.25, 0.3) is 0 Å². The molecule has 1 heterocycles. The number of carbonyl (C=O) groups excluding carboxylic acids is 2. The quantitative estimate of drug-likeness (QED) is 0.0512. The molecule has 1 fully saturated rings. The minimum absolute atomic E-state index is 0.213. The molecule has 0 spiro atoms. The van der Waals surface area contributed by atoms with Gasteiger partial charge in [0.2, 0.25) is 0 Å². The summed E-state index contributed by atoms with van der Waals surface area (Å²) in [6.07, 6.45) is 17.5. The van der Waals surface area contributed by atoms with Gasteiger partial charge >= 0.3 is 11.9 Å². The second-order valence-corrected chi connectivity index (χ2v) is 13.0.